The van der Waals surface area contributed by atoms with E-state index in [1.807, 2.05) is 0 Å². The van der Waals surface area contributed by atoms with E-state index in [4.69, 9.17) is 0 Å². The van der Waals surface area contributed by atoms with Gasteiger partial charge in [-0.2, -0.15) is 0 Å². The summed E-state index contributed by atoms with van der Waals surface area (Å²) >= 11 is 2.98. The van der Waals surface area contributed by atoms with Crippen LogP contribution in [0, 0.1) is 12.7 Å². The molecule has 0 spiro atoms. The number of benzene rings is 1. The molecular formula is C12H10BrFN2O2S. The van der Waals surface area contributed by atoms with Crippen molar-refractivity contribution in [3.05, 3.63) is 52.5 Å². The summed E-state index contributed by atoms with van der Waals surface area (Å²) < 4.78 is 40.2. The molecule has 2 aromatic rings. The molecule has 2 rings (SSSR count). The molecule has 1 heterocycles. The van der Waals surface area contributed by atoms with Gasteiger partial charge in [0.1, 0.15) is 5.82 Å². The Hall–Kier alpha value is -1.47. The average Bonchev–Trinajstić information content (AvgIpc) is 2.35. The van der Waals surface area contributed by atoms with Gasteiger partial charge in [-0.25, -0.2) is 12.8 Å². The van der Waals surface area contributed by atoms with E-state index in [0.717, 1.165) is 6.07 Å². The van der Waals surface area contributed by atoms with Crippen molar-refractivity contribution < 1.29 is 12.8 Å². The molecule has 1 N–H and O–H groups in total. The quantitative estimate of drug-likeness (QED) is 0.930. The molecule has 0 atom stereocenters. The van der Waals surface area contributed by atoms with Gasteiger partial charge in [-0.05, 0) is 52.7 Å². The molecule has 0 aliphatic carbocycles. The molecule has 7 heteroatoms. The van der Waals surface area contributed by atoms with Crippen LogP contribution in [0.5, 0.6) is 0 Å². The number of halogens is 2. The lowest BCUT2D eigenvalue weighted by Crippen LogP contribution is -2.14. The van der Waals surface area contributed by atoms with E-state index in [0.29, 0.717) is 11.3 Å². The topological polar surface area (TPSA) is 59.1 Å². The number of nitrogens with one attached hydrogen (secondary N) is 1. The van der Waals surface area contributed by atoms with Crippen molar-refractivity contribution in [2.45, 2.75) is 11.8 Å². The van der Waals surface area contributed by atoms with Gasteiger partial charge in [0.15, 0.2) is 0 Å². The van der Waals surface area contributed by atoms with Crippen LogP contribution in [0.1, 0.15) is 5.56 Å². The summed E-state index contributed by atoms with van der Waals surface area (Å²) in [5.41, 5.74) is 1.10. The molecule has 0 bridgehead atoms. The monoisotopic (exact) mass is 344 g/mol. The minimum Gasteiger partial charge on any atom is -0.279 e. The highest BCUT2D eigenvalue weighted by Crippen LogP contribution is 2.22. The van der Waals surface area contributed by atoms with Crippen molar-refractivity contribution in [1.82, 2.24) is 4.98 Å². The Bertz CT molecular complexity index is 719. The minimum atomic E-state index is -3.81. The predicted molar refractivity (Wildman–Crippen MR) is 73.9 cm³/mol. The van der Waals surface area contributed by atoms with Gasteiger partial charge in [0.05, 0.1) is 15.1 Å². The molecule has 4 nitrogen and oxygen atoms in total. The van der Waals surface area contributed by atoms with E-state index in [2.05, 4.69) is 25.6 Å². The third kappa shape index (κ3) is 3.10. The molecule has 19 heavy (non-hydrogen) atoms. The van der Waals surface area contributed by atoms with Crippen LogP contribution < -0.4 is 4.72 Å². The molecule has 1 aromatic heterocycles. The molecule has 0 aliphatic heterocycles. The van der Waals surface area contributed by atoms with Gasteiger partial charge in [-0.3, -0.25) is 9.71 Å². The summed E-state index contributed by atoms with van der Waals surface area (Å²) in [4.78, 5) is 3.74. The molecule has 0 radical (unpaired) electrons. The summed E-state index contributed by atoms with van der Waals surface area (Å²) in [6.07, 6.45) is 3.02. The van der Waals surface area contributed by atoms with Crippen LogP contribution in [0.4, 0.5) is 10.1 Å². The number of hydrogen-bond donors (Lipinski definition) is 1. The fourth-order valence-electron chi connectivity index (χ4n) is 1.44. The van der Waals surface area contributed by atoms with Gasteiger partial charge < -0.3 is 0 Å². The van der Waals surface area contributed by atoms with Gasteiger partial charge in [-0.1, -0.05) is 0 Å². The third-order valence-corrected chi connectivity index (χ3v) is 4.47. The lowest BCUT2D eigenvalue weighted by Gasteiger charge is -2.10. The maximum atomic E-state index is 13.4. The maximum Gasteiger partial charge on any atom is 0.262 e. The van der Waals surface area contributed by atoms with Gasteiger partial charge in [0.25, 0.3) is 10.0 Å². The number of sulfonamides is 1. The van der Waals surface area contributed by atoms with E-state index in [1.165, 1.54) is 18.3 Å². The largest absolute Gasteiger partial charge is 0.279 e. The first-order valence-electron chi connectivity index (χ1n) is 5.28. The Morgan fingerprint density at radius 1 is 1.32 bits per heavy atom. The fraction of sp³-hybridized carbons (Fsp3) is 0.0833. The number of aryl methyl sites for hydroxylation is 1. The lowest BCUT2D eigenvalue weighted by atomic mass is 10.3. The number of anilines is 1. The van der Waals surface area contributed by atoms with E-state index in [-0.39, 0.29) is 9.37 Å². The molecule has 0 fully saturated rings. The number of nitrogens with zero attached hydrogens (tertiary/aromatic N) is 1. The van der Waals surface area contributed by atoms with E-state index < -0.39 is 15.8 Å². The van der Waals surface area contributed by atoms with Crippen LogP contribution in [-0.4, -0.2) is 13.4 Å². The van der Waals surface area contributed by atoms with Crippen LogP contribution in [0.3, 0.4) is 0 Å². The van der Waals surface area contributed by atoms with Crippen LogP contribution in [0.25, 0.3) is 0 Å². The van der Waals surface area contributed by atoms with Crippen molar-refractivity contribution in [2.24, 2.45) is 0 Å². The normalized spacial score (nSPS) is 11.3. The first-order valence-corrected chi connectivity index (χ1v) is 7.56. The first kappa shape index (κ1) is 14.0. The van der Waals surface area contributed by atoms with Crippen LogP contribution in [0.15, 0.2) is 46.0 Å². The van der Waals surface area contributed by atoms with E-state index in [1.54, 1.807) is 19.2 Å². The van der Waals surface area contributed by atoms with Crippen LogP contribution >= 0.6 is 15.9 Å². The molecule has 0 saturated heterocycles. The minimum absolute atomic E-state index is 0.135. The Labute approximate surface area is 118 Å². The van der Waals surface area contributed by atoms with Crippen molar-refractivity contribution in [1.29, 1.82) is 0 Å². The molecule has 0 unspecified atom stereocenters. The average molecular weight is 345 g/mol. The second kappa shape index (κ2) is 5.26. The smallest absolute Gasteiger partial charge is 0.262 e. The number of hydrogen-bond acceptors (Lipinski definition) is 3. The summed E-state index contributed by atoms with van der Waals surface area (Å²) in [7, 11) is -3.81. The van der Waals surface area contributed by atoms with Crippen LogP contribution in [0.2, 0.25) is 0 Å². The second-order valence-electron chi connectivity index (χ2n) is 3.87. The van der Waals surface area contributed by atoms with Crippen LogP contribution in [-0.2, 0) is 10.0 Å². The van der Waals surface area contributed by atoms with E-state index >= 15 is 0 Å². The number of rotatable bonds is 3. The molecule has 0 saturated carbocycles. The first-order chi connectivity index (χ1) is 8.90. The van der Waals surface area contributed by atoms with Gasteiger partial charge >= 0.3 is 0 Å². The molecule has 100 valence electrons. The zero-order valence-electron chi connectivity index (χ0n) is 9.89. The van der Waals surface area contributed by atoms with Crippen molar-refractivity contribution >= 4 is 31.6 Å². The maximum absolute atomic E-state index is 13.4. The summed E-state index contributed by atoms with van der Waals surface area (Å²) in [5.74, 6) is -0.630. The van der Waals surface area contributed by atoms with Gasteiger partial charge in [0.2, 0.25) is 0 Å². The lowest BCUT2D eigenvalue weighted by molar-refractivity contribution is 0.593. The summed E-state index contributed by atoms with van der Waals surface area (Å²) in [6, 6.07) is 5.18. The summed E-state index contributed by atoms with van der Waals surface area (Å²) in [6.45, 7) is 1.73. The van der Waals surface area contributed by atoms with Crippen molar-refractivity contribution in [3.63, 3.8) is 0 Å². The zero-order valence-corrected chi connectivity index (χ0v) is 12.3. The number of pyridine rings is 1. The predicted octanol–water partition coefficient (Wildman–Crippen LogP) is 3.09. The Balaban J connectivity index is 2.38. The molecule has 0 amide bonds. The SMILES string of the molecule is Cc1cnccc1NS(=O)(=O)c1ccc(Br)c(F)c1. The second-order valence-corrected chi connectivity index (χ2v) is 6.41. The van der Waals surface area contributed by atoms with Gasteiger partial charge in [-0.15, -0.1) is 0 Å². The van der Waals surface area contributed by atoms with Crippen molar-refractivity contribution in [2.75, 3.05) is 4.72 Å². The standard InChI is InChI=1S/C12H10BrFN2O2S/c1-8-7-15-5-4-12(8)16-19(17,18)9-2-3-10(13)11(14)6-9/h2-7H,1H3,(H,15,16). The zero-order chi connectivity index (χ0) is 14.0. The third-order valence-electron chi connectivity index (χ3n) is 2.47. The summed E-state index contributed by atoms with van der Waals surface area (Å²) in [5, 5.41) is 0. The fourth-order valence-corrected chi connectivity index (χ4v) is 2.82. The Morgan fingerprint density at radius 2 is 2.05 bits per heavy atom. The highest BCUT2D eigenvalue weighted by Gasteiger charge is 2.16. The Kier molecular flexibility index (Phi) is 3.86. The molecule has 1 aromatic carbocycles. The van der Waals surface area contributed by atoms with E-state index in [9.17, 15) is 12.8 Å². The Morgan fingerprint density at radius 3 is 2.68 bits per heavy atom. The molecular weight excluding hydrogens is 335 g/mol. The van der Waals surface area contributed by atoms with Crippen molar-refractivity contribution in [3.8, 4) is 0 Å². The highest BCUT2D eigenvalue weighted by atomic mass is 79.9. The number of aromatic nitrogens is 1. The molecule has 0 aliphatic rings. The highest BCUT2D eigenvalue weighted by molar-refractivity contribution is 9.10. The van der Waals surface area contributed by atoms with Gasteiger partial charge in [0, 0.05) is 12.4 Å².